The first-order chi connectivity index (χ1) is 9.35. The second kappa shape index (κ2) is 10.1. The number of hydrogen-bond acceptors (Lipinski definition) is 5. The Balaban J connectivity index is 0.000000796. The summed E-state index contributed by atoms with van der Waals surface area (Å²) in [7, 11) is -7.13. The van der Waals surface area contributed by atoms with Gasteiger partial charge in [-0.15, -0.1) is 0 Å². The summed E-state index contributed by atoms with van der Waals surface area (Å²) in [5, 5.41) is 0. The van der Waals surface area contributed by atoms with Crippen molar-refractivity contribution in [2.75, 3.05) is 6.79 Å². The van der Waals surface area contributed by atoms with Crippen molar-refractivity contribution in [1.29, 1.82) is 0 Å². The summed E-state index contributed by atoms with van der Waals surface area (Å²) in [5.74, 6) is 0. The van der Waals surface area contributed by atoms with Gasteiger partial charge in [0.05, 0.1) is 4.90 Å². The molecule has 1 aromatic rings. The van der Waals surface area contributed by atoms with Crippen LogP contribution in [0.5, 0.6) is 0 Å². The molecule has 0 aromatic heterocycles. The topological polar surface area (TPSA) is 89.9 Å². The zero-order valence-electron chi connectivity index (χ0n) is 11.8. The van der Waals surface area contributed by atoms with Crippen molar-refractivity contribution in [3.63, 3.8) is 0 Å². The molecule has 0 aliphatic heterocycles. The van der Waals surface area contributed by atoms with E-state index in [-0.39, 0.29) is 4.90 Å². The van der Waals surface area contributed by atoms with Crippen LogP contribution in [0.1, 0.15) is 32.3 Å². The summed E-state index contributed by atoms with van der Waals surface area (Å²) in [5.41, 5.74) is 0.527. The molecular formula is C12H21O6PS. The maximum atomic E-state index is 11.6. The SMILES string of the molecule is CCCC.Cc1ccccc1S(=O)(=O)OCO[PH](=O)O. The first kappa shape index (κ1) is 19.3. The standard InChI is InChI=1S/C8H11O6PS.C4H10/c1-7-4-2-3-5-8(7)16(11,12)14-6-13-15(9)10;1-3-4-2/h2-5,15H,6H2,1H3,(H,9,10);3-4H2,1-2H3. The monoisotopic (exact) mass is 324 g/mol. The molecular weight excluding hydrogens is 303 g/mol. The highest BCUT2D eigenvalue weighted by molar-refractivity contribution is 7.86. The van der Waals surface area contributed by atoms with Gasteiger partial charge in [-0.05, 0) is 18.6 Å². The van der Waals surface area contributed by atoms with Gasteiger partial charge in [-0.25, -0.2) is 4.18 Å². The van der Waals surface area contributed by atoms with Gasteiger partial charge in [0.25, 0.3) is 10.1 Å². The van der Waals surface area contributed by atoms with E-state index < -0.39 is 25.2 Å². The minimum Gasteiger partial charge on any atom is -0.326 e. The fourth-order valence-corrected chi connectivity index (χ4v) is 2.29. The second-order valence-electron chi connectivity index (χ2n) is 3.87. The van der Waals surface area contributed by atoms with E-state index in [1.54, 1.807) is 25.1 Å². The Kier molecular flexibility index (Phi) is 9.71. The third-order valence-electron chi connectivity index (χ3n) is 2.25. The van der Waals surface area contributed by atoms with Gasteiger partial charge >= 0.3 is 8.25 Å². The molecule has 8 heteroatoms. The largest absolute Gasteiger partial charge is 0.326 e. The Morgan fingerprint density at radius 2 is 1.75 bits per heavy atom. The van der Waals surface area contributed by atoms with Crippen LogP contribution in [0, 0.1) is 6.92 Å². The summed E-state index contributed by atoms with van der Waals surface area (Å²) in [4.78, 5) is 8.33. The van der Waals surface area contributed by atoms with Crippen LogP contribution in [-0.2, 0) is 23.4 Å². The summed E-state index contributed by atoms with van der Waals surface area (Å²) in [6, 6.07) is 6.24. The van der Waals surface area contributed by atoms with E-state index in [4.69, 9.17) is 4.89 Å². The summed E-state index contributed by atoms with van der Waals surface area (Å²) >= 11 is 0. The average molecular weight is 324 g/mol. The highest BCUT2D eigenvalue weighted by Crippen LogP contribution is 2.19. The van der Waals surface area contributed by atoms with Crippen molar-refractivity contribution >= 4 is 18.4 Å². The van der Waals surface area contributed by atoms with Crippen LogP contribution < -0.4 is 0 Å². The highest BCUT2D eigenvalue weighted by atomic mass is 32.2. The van der Waals surface area contributed by atoms with E-state index in [1.807, 2.05) is 0 Å². The van der Waals surface area contributed by atoms with Gasteiger partial charge in [-0.2, -0.15) is 8.42 Å². The van der Waals surface area contributed by atoms with E-state index >= 15 is 0 Å². The number of hydrogen-bond donors (Lipinski definition) is 1. The van der Waals surface area contributed by atoms with Gasteiger partial charge in [0.1, 0.15) is 0 Å². The maximum absolute atomic E-state index is 11.6. The van der Waals surface area contributed by atoms with E-state index in [1.165, 1.54) is 18.9 Å². The Morgan fingerprint density at radius 1 is 1.20 bits per heavy atom. The molecule has 116 valence electrons. The molecule has 0 saturated heterocycles. The van der Waals surface area contributed by atoms with Gasteiger partial charge < -0.3 is 4.89 Å². The molecule has 1 aromatic carbocycles. The van der Waals surface area contributed by atoms with E-state index in [9.17, 15) is 13.0 Å². The van der Waals surface area contributed by atoms with Crippen LogP contribution in [0.15, 0.2) is 29.2 Å². The van der Waals surface area contributed by atoms with Crippen molar-refractivity contribution in [3.05, 3.63) is 29.8 Å². The van der Waals surface area contributed by atoms with Crippen molar-refractivity contribution < 1.29 is 26.6 Å². The second-order valence-corrected chi connectivity index (χ2v) is 6.27. The first-order valence-corrected chi connectivity index (χ1v) is 8.83. The zero-order valence-corrected chi connectivity index (χ0v) is 13.6. The fourth-order valence-electron chi connectivity index (χ4n) is 1.04. The quantitative estimate of drug-likeness (QED) is 0.491. The lowest BCUT2D eigenvalue weighted by Crippen LogP contribution is -2.09. The molecule has 0 fully saturated rings. The molecule has 0 radical (unpaired) electrons. The Labute approximate surface area is 120 Å². The summed E-state index contributed by atoms with van der Waals surface area (Å²) in [6.45, 7) is 5.21. The lowest BCUT2D eigenvalue weighted by Gasteiger charge is -2.06. The zero-order chi connectivity index (χ0) is 15.6. The molecule has 0 aliphatic rings. The van der Waals surface area contributed by atoms with Crippen molar-refractivity contribution in [3.8, 4) is 0 Å². The minimum absolute atomic E-state index is 0.0104. The van der Waals surface area contributed by atoms with E-state index in [0.29, 0.717) is 5.56 Å². The minimum atomic E-state index is -3.95. The van der Waals surface area contributed by atoms with E-state index in [2.05, 4.69) is 22.6 Å². The van der Waals surface area contributed by atoms with Crippen LogP contribution in [0.2, 0.25) is 0 Å². The lowest BCUT2D eigenvalue weighted by atomic mass is 10.2. The fraction of sp³-hybridized carbons (Fsp3) is 0.500. The number of benzene rings is 1. The molecule has 1 N–H and O–H groups in total. The summed E-state index contributed by atoms with van der Waals surface area (Å²) in [6.07, 6.45) is 2.64. The van der Waals surface area contributed by atoms with Crippen molar-refractivity contribution in [2.24, 2.45) is 0 Å². The molecule has 0 aliphatic carbocycles. The Hall–Kier alpha value is -0.720. The molecule has 6 nitrogen and oxygen atoms in total. The molecule has 0 heterocycles. The van der Waals surface area contributed by atoms with Crippen LogP contribution >= 0.6 is 8.25 Å². The molecule has 20 heavy (non-hydrogen) atoms. The molecule has 0 amide bonds. The predicted octanol–water partition coefficient (Wildman–Crippen LogP) is 2.86. The Morgan fingerprint density at radius 3 is 2.20 bits per heavy atom. The van der Waals surface area contributed by atoms with Gasteiger partial charge in [0.15, 0.2) is 6.79 Å². The molecule has 0 spiro atoms. The van der Waals surface area contributed by atoms with Crippen LogP contribution in [0.25, 0.3) is 0 Å². The van der Waals surface area contributed by atoms with Gasteiger partial charge in [0.2, 0.25) is 0 Å². The third kappa shape index (κ3) is 7.77. The average Bonchev–Trinajstić information content (AvgIpc) is 2.38. The Bertz CT molecular complexity index is 512. The highest BCUT2D eigenvalue weighted by Gasteiger charge is 2.17. The first-order valence-electron chi connectivity index (χ1n) is 6.15. The number of rotatable bonds is 6. The van der Waals surface area contributed by atoms with Crippen LogP contribution in [0.3, 0.4) is 0 Å². The van der Waals surface area contributed by atoms with Gasteiger partial charge in [-0.3, -0.25) is 9.09 Å². The van der Waals surface area contributed by atoms with Crippen LogP contribution in [0.4, 0.5) is 0 Å². The molecule has 1 unspecified atom stereocenters. The third-order valence-corrected chi connectivity index (χ3v) is 4.02. The lowest BCUT2D eigenvalue weighted by molar-refractivity contribution is 0.121. The molecule has 1 rings (SSSR count). The van der Waals surface area contributed by atoms with E-state index in [0.717, 1.165) is 0 Å². The summed E-state index contributed by atoms with van der Waals surface area (Å²) < 4.78 is 41.9. The molecule has 0 bridgehead atoms. The van der Waals surface area contributed by atoms with Gasteiger partial charge in [-0.1, -0.05) is 44.9 Å². The maximum Gasteiger partial charge on any atom is 0.318 e. The van der Waals surface area contributed by atoms with Gasteiger partial charge in [0, 0.05) is 0 Å². The number of unbranched alkanes of at least 4 members (excludes halogenated alkanes) is 1. The van der Waals surface area contributed by atoms with Crippen molar-refractivity contribution in [1.82, 2.24) is 0 Å². The molecule has 0 saturated carbocycles. The molecule has 1 atom stereocenters. The van der Waals surface area contributed by atoms with Crippen molar-refractivity contribution in [2.45, 2.75) is 38.5 Å². The normalized spacial score (nSPS) is 12.4. The van der Waals surface area contributed by atoms with Crippen LogP contribution in [-0.4, -0.2) is 20.1 Å². The smallest absolute Gasteiger partial charge is 0.318 e. The number of aryl methyl sites for hydroxylation is 1. The predicted molar refractivity (Wildman–Crippen MR) is 77.2 cm³/mol.